The minimum Gasteiger partial charge on any atom is -0.346 e. The molecule has 1 N–H and O–H groups in total. The molecule has 0 aromatic heterocycles. The molecular weight excluding hydrogens is 534 g/mol. The van der Waals surface area contributed by atoms with Crippen LogP contribution in [0.1, 0.15) is 0 Å². The van der Waals surface area contributed by atoms with Crippen molar-refractivity contribution in [1.29, 1.82) is 0 Å². The summed E-state index contributed by atoms with van der Waals surface area (Å²) < 4.78 is 0. The van der Waals surface area contributed by atoms with Crippen LogP contribution in [0.5, 0.6) is 0 Å². The van der Waals surface area contributed by atoms with Crippen molar-refractivity contribution in [2.24, 2.45) is 4.99 Å². The van der Waals surface area contributed by atoms with Gasteiger partial charge in [0.25, 0.3) is 0 Å². The normalized spacial score (nSPS) is 11.3. The van der Waals surface area contributed by atoms with Gasteiger partial charge in [0.15, 0.2) is 0 Å². The highest BCUT2D eigenvalue weighted by molar-refractivity contribution is 7.80. The van der Waals surface area contributed by atoms with E-state index >= 15 is 0 Å². The average molecular weight is 565 g/mol. The Morgan fingerprint density at radius 1 is 0.390 bits per heavy atom. The minimum atomic E-state index is -0.753. The van der Waals surface area contributed by atoms with Gasteiger partial charge in [0.2, 0.25) is 0 Å². The van der Waals surface area contributed by atoms with Gasteiger partial charge in [-0.15, -0.1) is 0 Å². The second-order valence-corrected chi connectivity index (χ2v) is 13.8. The first-order chi connectivity index (χ1) is 20.4. The summed E-state index contributed by atoms with van der Waals surface area (Å²) in [6.45, 7) is 0. The standard InChI is InChI=1S/C37H30N2P2/c1-5-17-30(18-6-1)40(31-19-7-2-8-20-31)36-27-15-13-25-34(36)38-29-39-35-26-14-16-28-37(35)41(32-21-9-3-10-22-32)33-23-11-4-12-24-33/h1-29H,(H,38,39). The molecule has 0 aliphatic carbocycles. The lowest BCUT2D eigenvalue weighted by atomic mass is 10.3. The van der Waals surface area contributed by atoms with Crippen LogP contribution in [-0.2, 0) is 0 Å². The van der Waals surface area contributed by atoms with Crippen LogP contribution < -0.4 is 37.1 Å². The highest BCUT2D eigenvalue weighted by Gasteiger charge is 2.20. The van der Waals surface area contributed by atoms with Crippen LogP contribution in [0.4, 0.5) is 11.4 Å². The minimum absolute atomic E-state index is 0.736. The third-order valence-corrected chi connectivity index (χ3v) is 11.7. The number of anilines is 1. The number of rotatable bonds is 9. The van der Waals surface area contributed by atoms with Gasteiger partial charge in [0, 0.05) is 16.3 Å². The zero-order chi connectivity index (χ0) is 27.7. The molecule has 0 saturated heterocycles. The molecule has 0 fully saturated rings. The number of benzene rings is 6. The van der Waals surface area contributed by atoms with Crippen LogP contribution in [-0.4, -0.2) is 6.34 Å². The summed E-state index contributed by atoms with van der Waals surface area (Å²) in [5.41, 5.74) is 2.05. The van der Waals surface area contributed by atoms with Gasteiger partial charge in [-0.25, -0.2) is 4.99 Å². The van der Waals surface area contributed by atoms with Crippen LogP contribution in [0.3, 0.4) is 0 Å². The summed E-state index contributed by atoms with van der Waals surface area (Å²) in [6.07, 6.45) is 1.85. The topological polar surface area (TPSA) is 24.4 Å². The second kappa shape index (κ2) is 13.3. The lowest BCUT2D eigenvalue weighted by molar-refractivity contribution is 1.55. The first kappa shape index (κ1) is 26.9. The van der Waals surface area contributed by atoms with Crippen molar-refractivity contribution in [2.45, 2.75) is 0 Å². The summed E-state index contributed by atoms with van der Waals surface area (Å²) in [6, 6.07) is 60.2. The smallest absolute Gasteiger partial charge is 0.0930 e. The number of nitrogens with zero attached hydrogens (tertiary/aromatic N) is 1. The molecule has 0 aliphatic heterocycles. The van der Waals surface area contributed by atoms with Crippen molar-refractivity contribution in [3.8, 4) is 0 Å². The molecule has 41 heavy (non-hydrogen) atoms. The quantitative estimate of drug-likeness (QED) is 0.114. The van der Waals surface area contributed by atoms with Crippen molar-refractivity contribution in [3.05, 3.63) is 170 Å². The molecule has 6 rings (SSSR count). The fourth-order valence-corrected chi connectivity index (χ4v) is 9.69. The van der Waals surface area contributed by atoms with E-state index in [0.29, 0.717) is 0 Å². The Kier molecular flexibility index (Phi) is 8.73. The van der Waals surface area contributed by atoms with Crippen LogP contribution in [0.15, 0.2) is 175 Å². The maximum atomic E-state index is 5.01. The van der Waals surface area contributed by atoms with Gasteiger partial charge in [-0.2, -0.15) is 0 Å². The van der Waals surface area contributed by atoms with Crippen molar-refractivity contribution >= 4 is 65.4 Å². The van der Waals surface area contributed by atoms with Crippen molar-refractivity contribution < 1.29 is 0 Å². The molecule has 0 saturated carbocycles. The van der Waals surface area contributed by atoms with Crippen LogP contribution in [0.2, 0.25) is 0 Å². The highest BCUT2D eigenvalue weighted by Crippen LogP contribution is 2.37. The Morgan fingerprint density at radius 3 is 1.24 bits per heavy atom. The Labute approximate surface area is 245 Å². The molecule has 0 radical (unpaired) electrons. The lowest BCUT2D eigenvalue weighted by Gasteiger charge is -2.22. The predicted molar refractivity (Wildman–Crippen MR) is 182 cm³/mol. The number of aliphatic imine (C=N–C) groups is 1. The third-order valence-electron chi connectivity index (χ3n) is 6.75. The Bertz CT molecular complexity index is 1630. The molecule has 6 aromatic carbocycles. The lowest BCUT2D eigenvalue weighted by Crippen LogP contribution is -2.23. The van der Waals surface area contributed by atoms with Gasteiger partial charge < -0.3 is 5.32 Å². The van der Waals surface area contributed by atoms with Gasteiger partial charge >= 0.3 is 0 Å². The largest absolute Gasteiger partial charge is 0.346 e. The van der Waals surface area contributed by atoms with E-state index in [0.717, 1.165) is 11.4 Å². The second-order valence-electron chi connectivity index (χ2n) is 9.42. The molecular formula is C37H30N2P2. The van der Waals surface area contributed by atoms with E-state index in [1.165, 1.54) is 31.8 Å². The zero-order valence-corrected chi connectivity index (χ0v) is 24.4. The molecule has 0 atom stereocenters. The van der Waals surface area contributed by atoms with E-state index in [2.05, 4.69) is 175 Å². The van der Waals surface area contributed by atoms with Crippen LogP contribution in [0.25, 0.3) is 0 Å². The molecule has 0 aliphatic rings. The van der Waals surface area contributed by atoms with Crippen molar-refractivity contribution in [2.75, 3.05) is 5.32 Å². The van der Waals surface area contributed by atoms with Gasteiger partial charge in [0.05, 0.1) is 12.0 Å². The molecule has 0 heterocycles. The number of hydrogen-bond donors (Lipinski definition) is 1. The Morgan fingerprint density at radius 2 is 0.756 bits per heavy atom. The summed E-state index contributed by atoms with van der Waals surface area (Å²) in [5, 5.41) is 11.3. The predicted octanol–water partition coefficient (Wildman–Crippen LogP) is 6.97. The molecule has 0 unspecified atom stereocenters. The summed E-state index contributed by atoms with van der Waals surface area (Å²) in [7, 11) is -1.49. The number of nitrogens with one attached hydrogen (secondary N) is 1. The first-order valence-electron chi connectivity index (χ1n) is 13.7. The number of hydrogen-bond acceptors (Lipinski definition) is 1. The summed E-state index contributed by atoms with van der Waals surface area (Å²) >= 11 is 0. The molecule has 6 aromatic rings. The van der Waals surface area contributed by atoms with E-state index in [4.69, 9.17) is 4.99 Å². The Balaban J connectivity index is 1.35. The Hall–Kier alpha value is -4.35. The average Bonchev–Trinajstić information content (AvgIpc) is 3.05. The van der Waals surface area contributed by atoms with Crippen molar-refractivity contribution in [3.63, 3.8) is 0 Å². The maximum Gasteiger partial charge on any atom is 0.0930 e. The highest BCUT2D eigenvalue weighted by atomic mass is 31.1. The maximum absolute atomic E-state index is 5.01. The van der Waals surface area contributed by atoms with E-state index < -0.39 is 15.8 Å². The van der Waals surface area contributed by atoms with Gasteiger partial charge in [-0.05, 0) is 49.2 Å². The molecule has 0 spiro atoms. The molecule has 198 valence electrons. The van der Waals surface area contributed by atoms with E-state index in [1.54, 1.807) is 0 Å². The summed E-state index contributed by atoms with van der Waals surface area (Å²) in [5.74, 6) is 0. The van der Waals surface area contributed by atoms with Crippen LogP contribution >= 0.6 is 15.8 Å². The third kappa shape index (κ3) is 6.36. The fourth-order valence-electron chi connectivity index (χ4n) is 4.89. The van der Waals surface area contributed by atoms with Gasteiger partial charge in [0.1, 0.15) is 0 Å². The fraction of sp³-hybridized carbons (Fsp3) is 0. The zero-order valence-electron chi connectivity index (χ0n) is 22.6. The number of para-hydroxylation sites is 2. The molecule has 0 amide bonds. The van der Waals surface area contributed by atoms with Crippen molar-refractivity contribution in [1.82, 2.24) is 0 Å². The van der Waals surface area contributed by atoms with Gasteiger partial charge in [-0.1, -0.05) is 158 Å². The molecule has 0 bridgehead atoms. The summed E-state index contributed by atoms with van der Waals surface area (Å²) in [4.78, 5) is 5.01. The van der Waals surface area contributed by atoms with E-state index in [1.807, 2.05) is 6.34 Å². The van der Waals surface area contributed by atoms with Gasteiger partial charge in [-0.3, -0.25) is 0 Å². The van der Waals surface area contributed by atoms with Crippen LogP contribution in [0, 0.1) is 0 Å². The molecule has 2 nitrogen and oxygen atoms in total. The SMILES string of the molecule is C(=Nc1ccccc1P(c1ccccc1)c1ccccc1)Nc1ccccc1P(c1ccccc1)c1ccccc1. The van der Waals surface area contributed by atoms with E-state index in [-0.39, 0.29) is 0 Å². The van der Waals surface area contributed by atoms with E-state index in [9.17, 15) is 0 Å². The molecule has 4 heteroatoms. The monoisotopic (exact) mass is 564 g/mol. The first-order valence-corrected chi connectivity index (χ1v) is 16.3.